The zero-order valence-corrected chi connectivity index (χ0v) is 15.1. The highest BCUT2D eigenvalue weighted by Crippen LogP contribution is 2.30. The first-order chi connectivity index (χ1) is 12.6. The summed E-state index contributed by atoms with van der Waals surface area (Å²) in [5.41, 5.74) is 1.55. The summed E-state index contributed by atoms with van der Waals surface area (Å²) in [7, 11) is 3.17. The van der Waals surface area contributed by atoms with Crippen LogP contribution in [-0.4, -0.2) is 26.2 Å². The SMILES string of the molecule is COc1ccc(NC(C)C(=O)Nc2ccc3ccccc3c2)cc1OC. The van der Waals surface area contributed by atoms with Crippen LogP contribution in [0.2, 0.25) is 0 Å². The molecule has 3 rings (SSSR count). The van der Waals surface area contributed by atoms with Crippen LogP contribution in [0.4, 0.5) is 11.4 Å². The van der Waals surface area contributed by atoms with Crippen LogP contribution in [0.5, 0.6) is 11.5 Å². The van der Waals surface area contributed by atoms with Crippen molar-refractivity contribution >= 4 is 28.1 Å². The smallest absolute Gasteiger partial charge is 0.246 e. The molecule has 1 atom stereocenters. The fourth-order valence-corrected chi connectivity index (χ4v) is 2.76. The number of methoxy groups -OCH3 is 2. The number of hydrogen-bond acceptors (Lipinski definition) is 4. The zero-order valence-electron chi connectivity index (χ0n) is 15.1. The standard InChI is InChI=1S/C21H22N2O3/c1-14(22-18-10-11-19(25-2)20(13-18)26-3)21(24)23-17-9-8-15-6-4-5-7-16(15)12-17/h4-14,22H,1-3H3,(H,23,24). The third-order valence-electron chi connectivity index (χ3n) is 4.18. The average molecular weight is 350 g/mol. The van der Waals surface area contributed by atoms with E-state index in [1.165, 1.54) is 0 Å². The Bertz CT molecular complexity index is 924. The van der Waals surface area contributed by atoms with Crippen LogP contribution in [-0.2, 0) is 4.79 Å². The Morgan fingerprint density at radius 1 is 0.846 bits per heavy atom. The van der Waals surface area contributed by atoms with E-state index in [1.807, 2.05) is 55.5 Å². The Morgan fingerprint density at radius 3 is 2.27 bits per heavy atom. The third kappa shape index (κ3) is 3.88. The predicted molar refractivity (Wildman–Crippen MR) is 105 cm³/mol. The molecule has 1 unspecified atom stereocenters. The summed E-state index contributed by atoms with van der Waals surface area (Å²) in [6.07, 6.45) is 0. The van der Waals surface area contributed by atoms with E-state index in [9.17, 15) is 4.79 Å². The molecule has 0 spiro atoms. The molecule has 26 heavy (non-hydrogen) atoms. The Balaban J connectivity index is 1.69. The molecule has 0 radical (unpaired) electrons. The largest absolute Gasteiger partial charge is 0.493 e. The fourth-order valence-electron chi connectivity index (χ4n) is 2.76. The normalized spacial score (nSPS) is 11.7. The van der Waals surface area contributed by atoms with Gasteiger partial charge in [-0.3, -0.25) is 4.79 Å². The van der Waals surface area contributed by atoms with Gasteiger partial charge in [-0.05, 0) is 42.0 Å². The van der Waals surface area contributed by atoms with Gasteiger partial charge in [-0.2, -0.15) is 0 Å². The summed E-state index contributed by atoms with van der Waals surface area (Å²) in [4.78, 5) is 12.5. The van der Waals surface area contributed by atoms with E-state index in [0.717, 1.165) is 22.1 Å². The van der Waals surface area contributed by atoms with E-state index in [-0.39, 0.29) is 5.91 Å². The Morgan fingerprint density at radius 2 is 1.54 bits per heavy atom. The van der Waals surface area contributed by atoms with Gasteiger partial charge >= 0.3 is 0 Å². The summed E-state index contributed by atoms with van der Waals surface area (Å²) in [6.45, 7) is 1.81. The molecule has 0 aliphatic heterocycles. The number of ether oxygens (including phenoxy) is 2. The lowest BCUT2D eigenvalue weighted by atomic mass is 10.1. The quantitative estimate of drug-likeness (QED) is 0.696. The van der Waals surface area contributed by atoms with Crippen molar-refractivity contribution < 1.29 is 14.3 Å². The summed E-state index contributed by atoms with van der Waals surface area (Å²) < 4.78 is 10.5. The number of amides is 1. The fraction of sp³-hybridized carbons (Fsp3) is 0.190. The topological polar surface area (TPSA) is 59.6 Å². The number of benzene rings is 3. The van der Waals surface area contributed by atoms with E-state index >= 15 is 0 Å². The molecule has 3 aromatic rings. The number of nitrogens with one attached hydrogen (secondary N) is 2. The van der Waals surface area contributed by atoms with Gasteiger partial charge in [-0.1, -0.05) is 30.3 Å². The molecule has 134 valence electrons. The summed E-state index contributed by atoms with van der Waals surface area (Å²) >= 11 is 0. The minimum absolute atomic E-state index is 0.116. The first-order valence-electron chi connectivity index (χ1n) is 8.39. The van der Waals surface area contributed by atoms with E-state index in [2.05, 4.69) is 10.6 Å². The number of rotatable bonds is 6. The minimum atomic E-state index is -0.417. The van der Waals surface area contributed by atoms with Gasteiger partial charge in [-0.15, -0.1) is 0 Å². The molecule has 0 aliphatic carbocycles. The second-order valence-corrected chi connectivity index (χ2v) is 5.99. The average Bonchev–Trinajstić information content (AvgIpc) is 2.67. The number of fused-ring (bicyclic) bond motifs is 1. The van der Waals surface area contributed by atoms with Crippen molar-refractivity contribution in [3.8, 4) is 11.5 Å². The van der Waals surface area contributed by atoms with Gasteiger partial charge in [0, 0.05) is 17.4 Å². The highest BCUT2D eigenvalue weighted by atomic mass is 16.5. The molecule has 2 N–H and O–H groups in total. The van der Waals surface area contributed by atoms with Crippen molar-refractivity contribution in [3.05, 3.63) is 60.7 Å². The Kier molecular flexibility index (Phi) is 5.27. The molecular formula is C21H22N2O3. The number of hydrogen-bond donors (Lipinski definition) is 2. The van der Waals surface area contributed by atoms with Crippen molar-refractivity contribution in [2.45, 2.75) is 13.0 Å². The van der Waals surface area contributed by atoms with Gasteiger partial charge in [0.15, 0.2) is 11.5 Å². The van der Waals surface area contributed by atoms with Gasteiger partial charge in [0.25, 0.3) is 0 Å². The highest BCUT2D eigenvalue weighted by molar-refractivity contribution is 5.98. The van der Waals surface area contributed by atoms with Crippen LogP contribution in [0.3, 0.4) is 0 Å². The maximum atomic E-state index is 12.5. The van der Waals surface area contributed by atoms with E-state index in [1.54, 1.807) is 26.4 Å². The van der Waals surface area contributed by atoms with E-state index in [0.29, 0.717) is 11.5 Å². The van der Waals surface area contributed by atoms with Gasteiger partial charge in [-0.25, -0.2) is 0 Å². The van der Waals surface area contributed by atoms with Gasteiger partial charge in [0.05, 0.1) is 14.2 Å². The molecule has 3 aromatic carbocycles. The first-order valence-corrected chi connectivity index (χ1v) is 8.39. The van der Waals surface area contributed by atoms with Gasteiger partial charge < -0.3 is 20.1 Å². The molecule has 5 heteroatoms. The molecule has 5 nitrogen and oxygen atoms in total. The van der Waals surface area contributed by atoms with E-state index < -0.39 is 6.04 Å². The lowest BCUT2D eigenvalue weighted by molar-refractivity contribution is -0.116. The molecule has 1 amide bonds. The van der Waals surface area contributed by atoms with Crippen LogP contribution in [0, 0.1) is 0 Å². The maximum Gasteiger partial charge on any atom is 0.246 e. The van der Waals surface area contributed by atoms with Crippen molar-refractivity contribution in [1.82, 2.24) is 0 Å². The van der Waals surface area contributed by atoms with Gasteiger partial charge in [0.2, 0.25) is 5.91 Å². The number of carbonyl (C=O) groups excluding carboxylic acids is 1. The molecule has 0 saturated heterocycles. The second kappa shape index (κ2) is 7.78. The summed E-state index contributed by atoms with van der Waals surface area (Å²) in [5.74, 6) is 1.14. The zero-order chi connectivity index (χ0) is 18.5. The lowest BCUT2D eigenvalue weighted by Crippen LogP contribution is -2.31. The second-order valence-electron chi connectivity index (χ2n) is 5.99. The Hall–Kier alpha value is -3.21. The lowest BCUT2D eigenvalue weighted by Gasteiger charge is -2.17. The molecule has 0 aromatic heterocycles. The highest BCUT2D eigenvalue weighted by Gasteiger charge is 2.14. The van der Waals surface area contributed by atoms with E-state index in [4.69, 9.17) is 9.47 Å². The Labute approximate surface area is 152 Å². The molecule has 0 aliphatic rings. The van der Waals surface area contributed by atoms with Crippen molar-refractivity contribution in [3.63, 3.8) is 0 Å². The first kappa shape index (κ1) is 17.6. The predicted octanol–water partition coefficient (Wildman–Crippen LogP) is 4.30. The third-order valence-corrected chi connectivity index (χ3v) is 4.18. The van der Waals surface area contributed by atoms with Crippen LogP contribution >= 0.6 is 0 Å². The van der Waals surface area contributed by atoms with Crippen molar-refractivity contribution in [2.24, 2.45) is 0 Å². The number of carbonyl (C=O) groups is 1. The van der Waals surface area contributed by atoms with Crippen LogP contribution in [0.1, 0.15) is 6.92 Å². The molecule has 0 fully saturated rings. The monoisotopic (exact) mass is 350 g/mol. The van der Waals surface area contributed by atoms with Crippen LogP contribution < -0.4 is 20.1 Å². The maximum absolute atomic E-state index is 12.5. The van der Waals surface area contributed by atoms with Crippen LogP contribution in [0.25, 0.3) is 10.8 Å². The number of anilines is 2. The molecule has 0 saturated carbocycles. The van der Waals surface area contributed by atoms with Crippen LogP contribution in [0.15, 0.2) is 60.7 Å². The minimum Gasteiger partial charge on any atom is -0.493 e. The van der Waals surface area contributed by atoms with Gasteiger partial charge in [0.1, 0.15) is 6.04 Å². The van der Waals surface area contributed by atoms with Crippen molar-refractivity contribution in [2.75, 3.05) is 24.9 Å². The summed E-state index contributed by atoms with van der Waals surface area (Å²) in [6, 6.07) is 19.0. The van der Waals surface area contributed by atoms with Crippen molar-refractivity contribution in [1.29, 1.82) is 0 Å². The summed E-state index contributed by atoms with van der Waals surface area (Å²) in [5, 5.41) is 8.35. The molecule has 0 bridgehead atoms. The molecular weight excluding hydrogens is 328 g/mol. The molecule has 0 heterocycles.